The van der Waals surface area contributed by atoms with Crippen molar-refractivity contribution in [2.45, 2.75) is 18.9 Å². The van der Waals surface area contributed by atoms with Crippen molar-refractivity contribution in [3.8, 4) is 11.3 Å². The minimum atomic E-state index is -2.85. The fourth-order valence-corrected chi connectivity index (χ4v) is 5.50. The smallest absolute Gasteiger partial charge is 0.226 e. The highest BCUT2D eigenvalue weighted by atomic mass is 32.2. The summed E-state index contributed by atoms with van der Waals surface area (Å²) in [4.78, 5) is 13.0. The van der Waals surface area contributed by atoms with E-state index in [-0.39, 0.29) is 11.5 Å². The van der Waals surface area contributed by atoms with E-state index in [1.807, 2.05) is 16.8 Å². The largest absolute Gasteiger partial charge is 0.341 e. The maximum Gasteiger partial charge on any atom is 0.226 e. The summed E-state index contributed by atoms with van der Waals surface area (Å²) in [5.74, 6) is 0.681. The number of thiophene rings is 1. The van der Waals surface area contributed by atoms with E-state index in [1.54, 1.807) is 0 Å². The first-order chi connectivity index (χ1) is 12.5. The Hall–Kier alpha value is -1.58. The SMILES string of the molecule is O=S1(=O)CCN(C2CCN(c3ncc(F)c(-c4ccsc4)n3)CC2)CC1. The lowest BCUT2D eigenvalue weighted by atomic mass is 10.0. The van der Waals surface area contributed by atoms with Gasteiger partial charge in [-0.3, -0.25) is 4.90 Å². The monoisotopic (exact) mass is 396 g/mol. The van der Waals surface area contributed by atoms with Gasteiger partial charge in [-0.15, -0.1) is 0 Å². The third kappa shape index (κ3) is 3.74. The van der Waals surface area contributed by atoms with Gasteiger partial charge in [0.25, 0.3) is 0 Å². The van der Waals surface area contributed by atoms with E-state index < -0.39 is 15.7 Å². The van der Waals surface area contributed by atoms with E-state index in [2.05, 4.69) is 19.8 Å². The fraction of sp³-hybridized carbons (Fsp3) is 0.529. The number of rotatable bonds is 3. The van der Waals surface area contributed by atoms with Gasteiger partial charge in [0.2, 0.25) is 5.95 Å². The van der Waals surface area contributed by atoms with Crippen LogP contribution in [0.5, 0.6) is 0 Å². The first-order valence-corrected chi connectivity index (χ1v) is 11.5. The van der Waals surface area contributed by atoms with Crippen LogP contribution in [0.15, 0.2) is 23.0 Å². The lowest BCUT2D eigenvalue weighted by Crippen LogP contribution is -2.50. The standard InChI is InChI=1S/C17H21FN4O2S2/c18-15-11-19-17(20-16(15)13-3-8-25-12-13)22-4-1-14(2-5-22)21-6-9-26(23,24)10-7-21/h3,8,11-12,14H,1-2,4-7,9-10H2. The Balaban J connectivity index is 1.42. The highest BCUT2D eigenvalue weighted by Gasteiger charge is 2.30. The number of piperidine rings is 1. The van der Waals surface area contributed by atoms with E-state index in [9.17, 15) is 12.8 Å². The minimum absolute atomic E-state index is 0.262. The van der Waals surface area contributed by atoms with Gasteiger partial charge in [-0.1, -0.05) is 0 Å². The lowest BCUT2D eigenvalue weighted by molar-refractivity contribution is 0.182. The summed E-state index contributed by atoms with van der Waals surface area (Å²) in [6, 6.07) is 2.26. The maximum atomic E-state index is 14.1. The van der Waals surface area contributed by atoms with Gasteiger partial charge in [-0.25, -0.2) is 22.8 Å². The molecule has 2 aliphatic heterocycles. The van der Waals surface area contributed by atoms with E-state index in [1.165, 1.54) is 17.5 Å². The molecule has 0 spiro atoms. The molecule has 0 unspecified atom stereocenters. The van der Waals surface area contributed by atoms with Crippen molar-refractivity contribution < 1.29 is 12.8 Å². The van der Waals surface area contributed by atoms with Gasteiger partial charge < -0.3 is 4.90 Å². The second kappa shape index (κ2) is 7.21. The molecule has 0 amide bonds. The normalized spacial score (nSPS) is 21.8. The number of nitrogens with zero attached hydrogens (tertiary/aromatic N) is 4. The third-order valence-electron chi connectivity index (χ3n) is 5.17. The van der Waals surface area contributed by atoms with Gasteiger partial charge in [0.05, 0.1) is 17.7 Å². The van der Waals surface area contributed by atoms with Gasteiger partial charge in [-0.05, 0) is 24.3 Å². The lowest BCUT2D eigenvalue weighted by Gasteiger charge is -2.40. The zero-order valence-electron chi connectivity index (χ0n) is 14.3. The van der Waals surface area contributed by atoms with Crippen LogP contribution >= 0.6 is 11.3 Å². The maximum absolute atomic E-state index is 14.1. The van der Waals surface area contributed by atoms with E-state index >= 15 is 0 Å². The molecule has 0 aliphatic carbocycles. The summed E-state index contributed by atoms with van der Waals surface area (Å²) in [5.41, 5.74) is 1.13. The molecule has 6 nitrogen and oxygen atoms in total. The second-order valence-electron chi connectivity index (χ2n) is 6.78. The molecule has 0 atom stereocenters. The zero-order chi connectivity index (χ0) is 18.1. The molecule has 2 aliphatic rings. The molecule has 4 heterocycles. The predicted octanol–water partition coefficient (Wildman–Crippen LogP) is 2.04. The van der Waals surface area contributed by atoms with Crippen molar-refractivity contribution >= 4 is 27.1 Å². The van der Waals surface area contributed by atoms with Crippen LogP contribution < -0.4 is 4.90 Å². The van der Waals surface area contributed by atoms with Crippen LogP contribution in [0.4, 0.5) is 10.3 Å². The number of sulfone groups is 1. The van der Waals surface area contributed by atoms with Gasteiger partial charge in [0.1, 0.15) is 5.69 Å². The zero-order valence-corrected chi connectivity index (χ0v) is 16.0. The second-order valence-corrected chi connectivity index (χ2v) is 9.87. The molecule has 0 saturated carbocycles. The molecule has 26 heavy (non-hydrogen) atoms. The molecule has 0 radical (unpaired) electrons. The van der Waals surface area contributed by atoms with Gasteiger partial charge in [0.15, 0.2) is 15.7 Å². The number of anilines is 1. The van der Waals surface area contributed by atoms with E-state index in [4.69, 9.17) is 0 Å². The average Bonchev–Trinajstić information content (AvgIpc) is 3.17. The van der Waals surface area contributed by atoms with Gasteiger partial charge in [-0.2, -0.15) is 11.3 Å². The highest BCUT2D eigenvalue weighted by molar-refractivity contribution is 7.91. The van der Waals surface area contributed by atoms with Crippen LogP contribution in [0.2, 0.25) is 0 Å². The molecule has 2 fully saturated rings. The molecule has 2 aromatic rings. The van der Waals surface area contributed by atoms with Crippen molar-refractivity contribution in [3.63, 3.8) is 0 Å². The van der Waals surface area contributed by atoms with Crippen molar-refractivity contribution in [2.75, 3.05) is 42.6 Å². The molecule has 2 aromatic heterocycles. The number of halogens is 1. The Morgan fingerprint density at radius 3 is 2.54 bits per heavy atom. The Morgan fingerprint density at radius 1 is 1.15 bits per heavy atom. The molecule has 9 heteroatoms. The topological polar surface area (TPSA) is 66.4 Å². The molecule has 2 saturated heterocycles. The third-order valence-corrected chi connectivity index (χ3v) is 7.46. The van der Waals surface area contributed by atoms with E-state index in [0.717, 1.165) is 31.5 Å². The van der Waals surface area contributed by atoms with Crippen LogP contribution in [0.3, 0.4) is 0 Å². The number of hydrogen-bond donors (Lipinski definition) is 0. The predicted molar refractivity (Wildman–Crippen MR) is 101 cm³/mol. The molecule has 4 rings (SSSR count). The Morgan fingerprint density at radius 2 is 1.88 bits per heavy atom. The van der Waals surface area contributed by atoms with Crippen molar-refractivity contribution in [2.24, 2.45) is 0 Å². The quantitative estimate of drug-likeness (QED) is 0.791. The molecular formula is C17H21FN4O2S2. The van der Waals surface area contributed by atoms with Crippen LogP contribution in [-0.2, 0) is 9.84 Å². The van der Waals surface area contributed by atoms with Crippen molar-refractivity contribution in [1.29, 1.82) is 0 Å². The Bertz CT molecular complexity index is 851. The van der Waals surface area contributed by atoms with Crippen LogP contribution in [0.1, 0.15) is 12.8 Å². The average molecular weight is 397 g/mol. The number of hydrogen-bond acceptors (Lipinski definition) is 7. The van der Waals surface area contributed by atoms with Crippen LogP contribution in [-0.4, -0.2) is 67.0 Å². The molecule has 0 aromatic carbocycles. The van der Waals surface area contributed by atoms with E-state index in [0.29, 0.717) is 30.8 Å². The summed E-state index contributed by atoms with van der Waals surface area (Å²) < 4.78 is 37.3. The fourth-order valence-electron chi connectivity index (χ4n) is 3.63. The first-order valence-electron chi connectivity index (χ1n) is 8.76. The summed E-state index contributed by atoms with van der Waals surface area (Å²) in [6.45, 7) is 2.84. The summed E-state index contributed by atoms with van der Waals surface area (Å²) >= 11 is 1.51. The van der Waals surface area contributed by atoms with Gasteiger partial charge in [0, 0.05) is 43.2 Å². The molecular weight excluding hydrogens is 375 g/mol. The minimum Gasteiger partial charge on any atom is -0.341 e. The molecule has 140 valence electrons. The molecule has 0 N–H and O–H groups in total. The molecule has 0 bridgehead atoms. The number of aromatic nitrogens is 2. The highest BCUT2D eigenvalue weighted by Crippen LogP contribution is 2.26. The van der Waals surface area contributed by atoms with Crippen LogP contribution in [0, 0.1) is 5.82 Å². The summed E-state index contributed by atoms with van der Waals surface area (Å²) in [5, 5.41) is 3.78. The Kier molecular flexibility index (Phi) is 4.94. The van der Waals surface area contributed by atoms with Gasteiger partial charge >= 0.3 is 0 Å². The van der Waals surface area contributed by atoms with Crippen LogP contribution in [0.25, 0.3) is 11.3 Å². The summed E-state index contributed by atoms with van der Waals surface area (Å²) in [7, 11) is -2.85. The Labute approximate surface area is 156 Å². The first kappa shape index (κ1) is 17.8. The summed E-state index contributed by atoms with van der Waals surface area (Å²) in [6.07, 6.45) is 3.13. The van der Waals surface area contributed by atoms with Crippen molar-refractivity contribution in [3.05, 3.63) is 28.8 Å². The van der Waals surface area contributed by atoms with Crippen molar-refractivity contribution in [1.82, 2.24) is 14.9 Å².